The monoisotopic (exact) mass is 361 g/mol. The van der Waals surface area contributed by atoms with Crippen LogP contribution < -0.4 is 10.9 Å². The van der Waals surface area contributed by atoms with Crippen LogP contribution in [0, 0.1) is 13.8 Å². The molecule has 0 aliphatic rings. The maximum Gasteiger partial charge on any atom is 0.259 e. The Balaban J connectivity index is 1.62. The first-order valence-corrected chi connectivity index (χ1v) is 9.31. The van der Waals surface area contributed by atoms with E-state index in [0.717, 1.165) is 21.0 Å². The van der Waals surface area contributed by atoms with E-state index in [1.165, 1.54) is 11.1 Å². The largest absolute Gasteiger partial charge is 0.378 e. The topological polar surface area (TPSA) is 57.8 Å². The quantitative estimate of drug-likeness (QED) is 0.545. The van der Waals surface area contributed by atoms with Gasteiger partial charge in [-0.25, -0.2) is 4.98 Å². The number of nitrogens with zero attached hydrogens (tertiary/aromatic N) is 1. The van der Waals surface area contributed by atoms with Gasteiger partial charge in [0.05, 0.1) is 11.9 Å². The average molecular weight is 361 g/mol. The minimum absolute atomic E-state index is 0.0923. The average Bonchev–Trinajstić information content (AvgIpc) is 3.08. The molecule has 0 saturated carbocycles. The second-order valence-corrected chi connectivity index (χ2v) is 7.39. The Hall–Kier alpha value is -2.92. The molecule has 0 atom stereocenters. The van der Waals surface area contributed by atoms with Gasteiger partial charge in [0.1, 0.15) is 10.7 Å². The molecule has 0 radical (unpaired) electrons. The minimum atomic E-state index is -0.0923. The van der Waals surface area contributed by atoms with Gasteiger partial charge in [0.25, 0.3) is 5.56 Å². The third-order valence-corrected chi connectivity index (χ3v) is 5.55. The van der Waals surface area contributed by atoms with Gasteiger partial charge in [-0.1, -0.05) is 36.4 Å². The molecule has 2 heterocycles. The Morgan fingerprint density at radius 1 is 1.04 bits per heavy atom. The van der Waals surface area contributed by atoms with Crippen molar-refractivity contribution in [3.05, 3.63) is 81.9 Å². The first-order valence-electron chi connectivity index (χ1n) is 8.49. The summed E-state index contributed by atoms with van der Waals surface area (Å²) in [5.41, 5.74) is 4.52. The van der Waals surface area contributed by atoms with E-state index in [0.29, 0.717) is 17.8 Å². The van der Waals surface area contributed by atoms with Gasteiger partial charge >= 0.3 is 0 Å². The van der Waals surface area contributed by atoms with Crippen molar-refractivity contribution in [1.29, 1.82) is 0 Å². The molecule has 4 rings (SSSR count). The number of benzene rings is 2. The van der Waals surface area contributed by atoms with Gasteiger partial charge in [0, 0.05) is 10.6 Å². The number of aryl methyl sites for hydroxylation is 2. The SMILES string of the molecule is Cc1ccc(NCc2nc3sc(-c4ccccc4)cc3c(=O)[nH]2)cc1C. The van der Waals surface area contributed by atoms with E-state index >= 15 is 0 Å². The molecule has 2 aromatic carbocycles. The number of H-pyrrole nitrogens is 1. The van der Waals surface area contributed by atoms with Crippen LogP contribution in [-0.4, -0.2) is 9.97 Å². The molecule has 2 N–H and O–H groups in total. The molecule has 0 bridgehead atoms. The highest BCUT2D eigenvalue weighted by atomic mass is 32.1. The molecular formula is C21H19N3OS. The molecule has 2 aromatic heterocycles. The third-order valence-electron chi connectivity index (χ3n) is 4.48. The van der Waals surface area contributed by atoms with Gasteiger partial charge in [0.15, 0.2) is 0 Å². The molecule has 130 valence electrons. The van der Waals surface area contributed by atoms with Crippen LogP contribution in [-0.2, 0) is 6.54 Å². The number of anilines is 1. The van der Waals surface area contributed by atoms with Crippen LogP contribution in [0.5, 0.6) is 0 Å². The van der Waals surface area contributed by atoms with Crippen LogP contribution in [0.4, 0.5) is 5.69 Å². The van der Waals surface area contributed by atoms with Crippen molar-refractivity contribution < 1.29 is 0 Å². The standard InChI is InChI=1S/C21H19N3OS/c1-13-8-9-16(10-14(13)2)22-12-19-23-20(25)17-11-18(26-21(17)24-19)15-6-4-3-5-7-15/h3-11,22H,12H2,1-2H3,(H,23,24,25). The fourth-order valence-electron chi connectivity index (χ4n) is 2.84. The molecule has 0 unspecified atom stereocenters. The number of nitrogens with one attached hydrogen (secondary N) is 2. The van der Waals surface area contributed by atoms with Gasteiger partial charge < -0.3 is 10.3 Å². The van der Waals surface area contributed by atoms with Gasteiger partial charge in [0.2, 0.25) is 0 Å². The number of fused-ring (bicyclic) bond motifs is 1. The van der Waals surface area contributed by atoms with E-state index in [1.54, 1.807) is 11.3 Å². The Morgan fingerprint density at radius 3 is 2.62 bits per heavy atom. The van der Waals surface area contributed by atoms with Gasteiger partial charge in [-0.2, -0.15) is 0 Å². The molecule has 26 heavy (non-hydrogen) atoms. The van der Waals surface area contributed by atoms with Gasteiger partial charge in [-0.05, 0) is 48.7 Å². The lowest BCUT2D eigenvalue weighted by Gasteiger charge is -2.08. The number of aromatic amines is 1. The second-order valence-electron chi connectivity index (χ2n) is 6.36. The van der Waals surface area contributed by atoms with Crippen LogP contribution in [0.15, 0.2) is 59.4 Å². The molecule has 0 aliphatic heterocycles. The van der Waals surface area contributed by atoms with Crippen molar-refractivity contribution in [1.82, 2.24) is 9.97 Å². The summed E-state index contributed by atoms with van der Waals surface area (Å²) in [5, 5.41) is 3.97. The Labute approximate surface area is 155 Å². The predicted octanol–water partition coefficient (Wildman–Crippen LogP) is 4.88. The third kappa shape index (κ3) is 3.26. The van der Waals surface area contributed by atoms with E-state index in [4.69, 9.17) is 0 Å². The molecule has 5 heteroatoms. The first kappa shape index (κ1) is 16.5. The fraction of sp³-hybridized carbons (Fsp3) is 0.143. The van der Waals surface area contributed by atoms with Crippen LogP contribution in [0.25, 0.3) is 20.7 Å². The number of aromatic nitrogens is 2. The van der Waals surface area contributed by atoms with Gasteiger partial charge in [-0.15, -0.1) is 11.3 Å². The summed E-state index contributed by atoms with van der Waals surface area (Å²) < 4.78 is 0. The molecule has 0 fully saturated rings. The predicted molar refractivity (Wildman–Crippen MR) is 109 cm³/mol. The number of thiophene rings is 1. The van der Waals surface area contributed by atoms with Crippen LogP contribution >= 0.6 is 11.3 Å². The summed E-state index contributed by atoms with van der Waals surface area (Å²) in [6.07, 6.45) is 0. The van der Waals surface area contributed by atoms with Crippen molar-refractivity contribution in [3.63, 3.8) is 0 Å². The summed E-state index contributed by atoms with van der Waals surface area (Å²) in [6.45, 7) is 4.66. The Morgan fingerprint density at radius 2 is 1.85 bits per heavy atom. The van der Waals surface area contributed by atoms with Crippen molar-refractivity contribution in [2.24, 2.45) is 0 Å². The van der Waals surface area contributed by atoms with Crippen LogP contribution in [0.1, 0.15) is 17.0 Å². The second kappa shape index (κ2) is 6.77. The highest BCUT2D eigenvalue weighted by Crippen LogP contribution is 2.30. The van der Waals surface area contributed by atoms with E-state index in [2.05, 4.69) is 41.3 Å². The van der Waals surface area contributed by atoms with E-state index in [1.807, 2.05) is 42.5 Å². The number of hydrogen-bond acceptors (Lipinski definition) is 4. The lowest BCUT2D eigenvalue weighted by Crippen LogP contribution is -2.13. The molecular weight excluding hydrogens is 342 g/mol. The highest BCUT2D eigenvalue weighted by molar-refractivity contribution is 7.21. The molecule has 4 aromatic rings. The summed E-state index contributed by atoms with van der Waals surface area (Å²) in [5.74, 6) is 0.641. The van der Waals surface area contributed by atoms with Crippen molar-refractivity contribution in [3.8, 4) is 10.4 Å². The lowest BCUT2D eigenvalue weighted by atomic mass is 10.1. The summed E-state index contributed by atoms with van der Waals surface area (Å²) in [4.78, 5) is 21.8. The van der Waals surface area contributed by atoms with Gasteiger partial charge in [-0.3, -0.25) is 4.79 Å². The van der Waals surface area contributed by atoms with E-state index in [-0.39, 0.29) is 5.56 Å². The Kier molecular flexibility index (Phi) is 4.31. The first-order chi connectivity index (χ1) is 12.6. The summed E-state index contributed by atoms with van der Waals surface area (Å²) >= 11 is 1.55. The number of rotatable bonds is 4. The van der Waals surface area contributed by atoms with E-state index < -0.39 is 0 Å². The Bertz CT molecular complexity index is 1130. The zero-order valence-corrected chi connectivity index (χ0v) is 15.5. The lowest BCUT2D eigenvalue weighted by molar-refractivity contribution is 0.956. The smallest absolute Gasteiger partial charge is 0.259 e. The van der Waals surface area contributed by atoms with E-state index in [9.17, 15) is 4.79 Å². The fourth-order valence-corrected chi connectivity index (χ4v) is 3.90. The van der Waals surface area contributed by atoms with Crippen LogP contribution in [0.2, 0.25) is 0 Å². The van der Waals surface area contributed by atoms with Crippen LogP contribution in [0.3, 0.4) is 0 Å². The normalized spacial score (nSPS) is 11.0. The number of hydrogen-bond donors (Lipinski definition) is 2. The molecule has 0 aliphatic carbocycles. The maximum atomic E-state index is 12.4. The zero-order valence-electron chi connectivity index (χ0n) is 14.7. The molecule has 0 amide bonds. The molecule has 0 spiro atoms. The van der Waals surface area contributed by atoms with Crippen molar-refractivity contribution in [2.75, 3.05) is 5.32 Å². The van der Waals surface area contributed by atoms with Crippen molar-refractivity contribution in [2.45, 2.75) is 20.4 Å². The summed E-state index contributed by atoms with van der Waals surface area (Å²) in [7, 11) is 0. The van der Waals surface area contributed by atoms with Crippen molar-refractivity contribution >= 4 is 27.2 Å². The molecule has 0 saturated heterocycles. The maximum absolute atomic E-state index is 12.4. The molecule has 4 nitrogen and oxygen atoms in total. The highest BCUT2D eigenvalue weighted by Gasteiger charge is 2.10. The summed E-state index contributed by atoms with van der Waals surface area (Å²) in [6, 6.07) is 18.2. The minimum Gasteiger partial charge on any atom is -0.378 e. The zero-order chi connectivity index (χ0) is 18.1.